The third kappa shape index (κ3) is 3.17. The minimum atomic E-state index is -0.463. The number of ketones is 1. The predicted molar refractivity (Wildman–Crippen MR) is 74.5 cm³/mol. The van der Waals surface area contributed by atoms with Crippen LogP contribution in [0.15, 0.2) is 40.3 Å². The zero-order chi connectivity index (χ0) is 13.0. The first-order valence-corrected chi connectivity index (χ1v) is 7.43. The number of Topliss-reactive ketones (excluding diaryl/α,β-unsaturated/α-hetero) is 1. The van der Waals surface area contributed by atoms with Gasteiger partial charge in [0.15, 0.2) is 5.76 Å². The van der Waals surface area contributed by atoms with Crippen LogP contribution in [0.5, 0.6) is 0 Å². The summed E-state index contributed by atoms with van der Waals surface area (Å²) in [5, 5.41) is 0. The van der Waals surface area contributed by atoms with E-state index in [9.17, 15) is 9.59 Å². The highest BCUT2D eigenvalue weighted by Crippen LogP contribution is 2.39. The number of carbonyl (C=O) groups excluding carboxylic acids is 2. The van der Waals surface area contributed by atoms with Crippen LogP contribution in [0.2, 0.25) is 0 Å². The van der Waals surface area contributed by atoms with E-state index < -0.39 is 5.97 Å². The van der Waals surface area contributed by atoms with E-state index in [0.29, 0.717) is 5.56 Å². The minimum Gasteiger partial charge on any atom is -0.421 e. The predicted octanol–water partition coefficient (Wildman–Crippen LogP) is 3.08. The van der Waals surface area contributed by atoms with Crippen LogP contribution in [-0.4, -0.2) is 23.3 Å². The molecular formula is C13H12O3S2. The van der Waals surface area contributed by atoms with E-state index >= 15 is 0 Å². The number of allylic oxidation sites excluding steroid dienone is 1. The van der Waals surface area contributed by atoms with Gasteiger partial charge in [-0.2, -0.15) is 0 Å². The lowest BCUT2D eigenvalue weighted by atomic mass is 10.1. The lowest BCUT2D eigenvalue weighted by Gasteiger charge is -2.08. The Hall–Kier alpha value is -1.20. The van der Waals surface area contributed by atoms with E-state index in [1.807, 2.05) is 6.07 Å². The Bertz CT molecular complexity index is 486. The van der Waals surface area contributed by atoms with E-state index in [1.54, 1.807) is 47.8 Å². The molecule has 0 atom stereocenters. The molecule has 1 heterocycles. The van der Waals surface area contributed by atoms with Gasteiger partial charge in [0.05, 0.1) is 4.24 Å². The summed E-state index contributed by atoms with van der Waals surface area (Å²) in [6.07, 6.45) is 0. The Kier molecular flexibility index (Phi) is 4.49. The topological polar surface area (TPSA) is 43.4 Å². The summed E-state index contributed by atoms with van der Waals surface area (Å²) < 4.78 is 5.90. The van der Waals surface area contributed by atoms with Crippen molar-refractivity contribution in [1.29, 1.82) is 0 Å². The Balaban J connectivity index is 2.32. The van der Waals surface area contributed by atoms with Gasteiger partial charge in [-0.25, -0.2) is 0 Å². The number of benzene rings is 1. The van der Waals surface area contributed by atoms with Crippen LogP contribution in [0, 0.1) is 0 Å². The average Bonchev–Trinajstić information content (AvgIpc) is 2.89. The first kappa shape index (κ1) is 13.2. The van der Waals surface area contributed by atoms with Crippen molar-refractivity contribution in [1.82, 2.24) is 0 Å². The highest BCUT2D eigenvalue weighted by molar-refractivity contribution is 8.25. The summed E-state index contributed by atoms with van der Waals surface area (Å²) in [5.41, 5.74) is 0.536. The molecule has 1 aliphatic rings. The summed E-state index contributed by atoms with van der Waals surface area (Å²) >= 11 is 3.12. The Morgan fingerprint density at radius 2 is 1.72 bits per heavy atom. The van der Waals surface area contributed by atoms with E-state index in [0.717, 1.165) is 15.7 Å². The van der Waals surface area contributed by atoms with Gasteiger partial charge < -0.3 is 4.74 Å². The first-order valence-electron chi connectivity index (χ1n) is 5.46. The molecule has 0 aromatic heterocycles. The Morgan fingerprint density at radius 1 is 1.11 bits per heavy atom. The second kappa shape index (κ2) is 6.11. The number of carbonyl (C=O) groups is 2. The highest BCUT2D eigenvalue weighted by Gasteiger charge is 2.24. The summed E-state index contributed by atoms with van der Waals surface area (Å²) in [5.74, 6) is 1.35. The molecule has 1 aromatic rings. The molecule has 5 heteroatoms. The summed E-state index contributed by atoms with van der Waals surface area (Å²) in [6.45, 7) is 1.31. The fourth-order valence-electron chi connectivity index (χ4n) is 1.49. The zero-order valence-corrected chi connectivity index (χ0v) is 11.5. The van der Waals surface area contributed by atoms with Crippen molar-refractivity contribution in [3.8, 4) is 0 Å². The number of hydrogen-bond acceptors (Lipinski definition) is 5. The van der Waals surface area contributed by atoms with Crippen molar-refractivity contribution in [3.05, 3.63) is 45.9 Å². The van der Waals surface area contributed by atoms with Gasteiger partial charge in [-0.1, -0.05) is 30.3 Å². The van der Waals surface area contributed by atoms with Crippen LogP contribution in [0.3, 0.4) is 0 Å². The molecule has 1 fully saturated rings. The van der Waals surface area contributed by atoms with Gasteiger partial charge >= 0.3 is 5.97 Å². The molecule has 0 N–H and O–H groups in total. The molecule has 3 nitrogen and oxygen atoms in total. The maximum Gasteiger partial charge on any atom is 0.308 e. The third-order valence-electron chi connectivity index (χ3n) is 2.22. The number of thioether (sulfide) groups is 2. The zero-order valence-electron chi connectivity index (χ0n) is 9.84. The molecule has 0 saturated carbocycles. The van der Waals surface area contributed by atoms with Gasteiger partial charge in [-0.15, -0.1) is 23.5 Å². The van der Waals surface area contributed by atoms with Crippen LogP contribution in [0.25, 0.3) is 0 Å². The lowest BCUT2D eigenvalue weighted by Crippen LogP contribution is -2.11. The second-order valence-electron chi connectivity index (χ2n) is 3.60. The van der Waals surface area contributed by atoms with Gasteiger partial charge in [-0.3, -0.25) is 9.59 Å². The number of hydrogen-bond donors (Lipinski definition) is 0. The van der Waals surface area contributed by atoms with Gasteiger partial charge in [0.1, 0.15) is 0 Å². The van der Waals surface area contributed by atoms with Crippen molar-refractivity contribution >= 4 is 35.3 Å². The fraction of sp³-hybridized carbons (Fsp3) is 0.231. The SMILES string of the molecule is CC(=O)OC(C(=O)c1ccccc1)=C1SCCS1. The molecule has 0 amide bonds. The molecular weight excluding hydrogens is 268 g/mol. The monoisotopic (exact) mass is 280 g/mol. The first-order chi connectivity index (χ1) is 8.68. The molecule has 94 valence electrons. The van der Waals surface area contributed by atoms with Gasteiger partial charge in [0.25, 0.3) is 0 Å². The average molecular weight is 280 g/mol. The maximum atomic E-state index is 12.3. The van der Waals surface area contributed by atoms with Crippen molar-refractivity contribution in [3.63, 3.8) is 0 Å². The van der Waals surface area contributed by atoms with Crippen molar-refractivity contribution in [2.24, 2.45) is 0 Å². The largest absolute Gasteiger partial charge is 0.421 e. The van der Waals surface area contributed by atoms with Crippen LogP contribution in [-0.2, 0) is 9.53 Å². The molecule has 0 aliphatic carbocycles. The molecule has 1 saturated heterocycles. The van der Waals surface area contributed by atoms with Crippen LogP contribution in [0.1, 0.15) is 17.3 Å². The maximum absolute atomic E-state index is 12.3. The second-order valence-corrected chi connectivity index (χ2v) is 6.07. The molecule has 0 unspecified atom stereocenters. The standard InChI is InChI=1S/C13H12O3S2/c1-9(14)16-12(13-17-7-8-18-13)11(15)10-5-3-2-4-6-10/h2-6H,7-8H2,1H3. The van der Waals surface area contributed by atoms with Gasteiger partial charge in [-0.05, 0) is 0 Å². The molecule has 0 radical (unpaired) electrons. The lowest BCUT2D eigenvalue weighted by molar-refractivity contribution is -0.136. The Labute approximate surface area is 114 Å². The van der Waals surface area contributed by atoms with Gasteiger partial charge in [0, 0.05) is 24.0 Å². The van der Waals surface area contributed by atoms with Crippen LogP contribution < -0.4 is 0 Å². The van der Waals surface area contributed by atoms with Crippen molar-refractivity contribution < 1.29 is 14.3 Å². The van der Waals surface area contributed by atoms with E-state index in [2.05, 4.69) is 0 Å². The summed E-state index contributed by atoms with van der Waals surface area (Å²) in [7, 11) is 0. The highest BCUT2D eigenvalue weighted by atomic mass is 32.2. The van der Waals surface area contributed by atoms with Crippen LogP contribution >= 0.6 is 23.5 Å². The third-order valence-corrected chi connectivity index (χ3v) is 4.90. The summed E-state index contributed by atoms with van der Waals surface area (Å²) in [4.78, 5) is 23.4. The van der Waals surface area contributed by atoms with Crippen molar-refractivity contribution in [2.45, 2.75) is 6.92 Å². The quantitative estimate of drug-likeness (QED) is 0.368. The molecule has 18 heavy (non-hydrogen) atoms. The smallest absolute Gasteiger partial charge is 0.308 e. The van der Waals surface area contributed by atoms with Crippen molar-refractivity contribution in [2.75, 3.05) is 11.5 Å². The fourth-order valence-corrected chi connectivity index (χ4v) is 3.89. The Morgan fingerprint density at radius 3 is 2.28 bits per heavy atom. The summed E-state index contributed by atoms with van der Waals surface area (Å²) in [6, 6.07) is 8.86. The van der Waals surface area contributed by atoms with E-state index in [-0.39, 0.29) is 11.5 Å². The molecule has 1 aromatic carbocycles. The van der Waals surface area contributed by atoms with E-state index in [4.69, 9.17) is 4.74 Å². The molecule has 1 aliphatic heterocycles. The number of ether oxygens (including phenoxy) is 1. The number of rotatable bonds is 3. The molecule has 2 rings (SSSR count). The molecule has 0 bridgehead atoms. The molecule has 0 spiro atoms. The van der Waals surface area contributed by atoms with E-state index in [1.165, 1.54) is 6.92 Å². The normalized spacial score (nSPS) is 14.4. The van der Waals surface area contributed by atoms with Gasteiger partial charge in [0.2, 0.25) is 5.78 Å². The minimum absolute atomic E-state index is 0.168. The van der Waals surface area contributed by atoms with Crippen LogP contribution in [0.4, 0.5) is 0 Å². The number of esters is 1.